The van der Waals surface area contributed by atoms with E-state index < -0.39 is 5.97 Å². The van der Waals surface area contributed by atoms with Crippen molar-refractivity contribution in [2.45, 2.75) is 58.0 Å². The second-order valence-electron chi connectivity index (χ2n) is 5.12. The van der Waals surface area contributed by atoms with Crippen molar-refractivity contribution in [3.8, 4) is 0 Å². The summed E-state index contributed by atoms with van der Waals surface area (Å²) in [5.41, 5.74) is -0.138. The zero-order valence-corrected chi connectivity index (χ0v) is 10.8. The van der Waals surface area contributed by atoms with E-state index in [1.807, 2.05) is 20.8 Å². The number of rotatable bonds is 5. The van der Waals surface area contributed by atoms with E-state index in [1.54, 1.807) is 0 Å². The van der Waals surface area contributed by atoms with Gasteiger partial charge in [0, 0.05) is 11.6 Å². The number of urea groups is 1. The number of nitrogens with one attached hydrogen (secondary N) is 1. The maximum absolute atomic E-state index is 12.0. The zero-order chi connectivity index (χ0) is 13.1. The van der Waals surface area contributed by atoms with Crippen molar-refractivity contribution in [1.82, 2.24) is 10.2 Å². The third-order valence-corrected chi connectivity index (χ3v) is 3.56. The fourth-order valence-electron chi connectivity index (χ4n) is 1.96. The third kappa shape index (κ3) is 3.61. The lowest BCUT2D eigenvalue weighted by molar-refractivity contribution is -0.138. The van der Waals surface area contributed by atoms with Gasteiger partial charge in [0.1, 0.15) is 6.54 Å². The van der Waals surface area contributed by atoms with Crippen LogP contribution in [0.3, 0.4) is 0 Å². The van der Waals surface area contributed by atoms with Gasteiger partial charge in [-0.3, -0.25) is 4.79 Å². The van der Waals surface area contributed by atoms with Crippen LogP contribution in [0.2, 0.25) is 0 Å². The molecule has 5 heteroatoms. The Morgan fingerprint density at radius 2 is 2.06 bits per heavy atom. The molecule has 0 saturated heterocycles. The Kier molecular flexibility index (Phi) is 4.37. The molecule has 0 radical (unpaired) electrons. The minimum absolute atomic E-state index is 0.0604. The molecule has 0 bridgehead atoms. The van der Waals surface area contributed by atoms with Gasteiger partial charge in [-0.05, 0) is 39.5 Å². The number of hydrogen-bond acceptors (Lipinski definition) is 2. The molecular formula is C12H22N2O3. The minimum Gasteiger partial charge on any atom is -0.480 e. The van der Waals surface area contributed by atoms with Gasteiger partial charge < -0.3 is 15.3 Å². The monoisotopic (exact) mass is 242 g/mol. The number of carbonyl (C=O) groups is 2. The van der Waals surface area contributed by atoms with Crippen LogP contribution in [0.1, 0.15) is 46.5 Å². The lowest BCUT2D eigenvalue weighted by atomic mass is 9.79. The summed E-state index contributed by atoms with van der Waals surface area (Å²) in [6, 6.07) is -0.321. The number of aliphatic carboxylic acids is 1. The van der Waals surface area contributed by atoms with Gasteiger partial charge in [-0.2, -0.15) is 0 Å². The van der Waals surface area contributed by atoms with Crippen molar-refractivity contribution in [2.24, 2.45) is 0 Å². The Morgan fingerprint density at radius 3 is 2.41 bits per heavy atom. The standard InChI is InChI=1S/C12H22N2O3/c1-4-9(2)14(8-10(15)16)11(17)13-12(3)6-5-7-12/h9H,4-8H2,1-3H3,(H,13,17)(H,15,16). The van der Waals surface area contributed by atoms with Gasteiger partial charge in [0.15, 0.2) is 0 Å². The number of carboxylic acids is 1. The van der Waals surface area contributed by atoms with Gasteiger partial charge >= 0.3 is 12.0 Å². The first-order valence-corrected chi connectivity index (χ1v) is 6.18. The average Bonchev–Trinajstić information content (AvgIpc) is 2.22. The van der Waals surface area contributed by atoms with Gasteiger partial charge in [-0.1, -0.05) is 6.92 Å². The summed E-state index contributed by atoms with van der Waals surface area (Å²) in [7, 11) is 0. The van der Waals surface area contributed by atoms with Crippen molar-refractivity contribution in [1.29, 1.82) is 0 Å². The van der Waals surface area contributed by atoms with Crippen LogP contribution in [0, 0.1) is 0 Å². The quantitative estimate of drug-likeness (QED) is 0.772. The lowest BCUT2D eigenvalue weighted by Crippen LogP contribution is -2.57. The molecule has 0 heterocycles. The highest BCUT2D eigenvalue weighted by molar-refractivity contribution is 5.81. The number of amides is 2. The first kappa shape index (κ1) is 13.8. The van der Waals surface area contributed by atoms with Crippen LogP contribution in [-0.4, -0.2) is 40.1 Å². The van der Waals surface area contributed by atoms with Gasteiger partial charge in [-0.15, -0.1) is 0 Å². The second-order valence-corrected chi connectivity index (χ2v) is 5.12. The molecule has 17 heavy (non-hydrogen) atoms. The summed E-state index contributed by atoms with van der Waals surface area (Å²) in [4.78, 5) is 24.2. The summed E-state index contributed by atoms with van der Waals surface area (Å²) in [5, 5.41) is 11.8. The highest BCUT2D eigenvalue weighted by Crippen LogP contribution is 2.31. The summed E-state index contributed by atoms with van der Waals surface area (Å²) >= 11 is 0. The Hall–Kier alpha value is -1.26. The van der Waals surface area contributed by atoms with Crippen LogP contribution in [0.5, 0.6) is 0 Å². The topological polar surface area (TPSA) is 69.6 Å². The fraction of sp³-hybridized carbons (Fsp3) is 0.833. The largest absolute Gasteiger partial charge is 0.480 e. The van der Waals surface area contributed by atoms with Gasteiger partial charge in [-0.25, -0.2) is 4.79 Å². The van der Waals surface area contributed by atoms with Crippen LogP contribution < -0.4 is 5.32 Å². The van der Waals surface area contributed by atoms with E-state index in [4.69, 9.17) is 5.11 Å². The number of carbonyl (C=O) groups excluding carboxylic acids is 1. The molecule has 0 aromatic carbocycles. The van der Waals surface area contributed by atoms with Crippen LogP contribution in [-0.2, 0) is 4.79 Å². The molecule has 2 amide bonds. The molecule has 0 aromatic heterocycles. The summed E-state index contributed by atoms with van der Waals surface area (Å²) in [6.45, 7) is 5.57. The molecule has 1 fully saturated rings. The second kappa shape index (κ2) is 5.38. The van der Waals surface area contributed by atoms with Crippen molar-refractivity contribution < 1.29 is 14.7 Å². The predicted octanol–water partition coefficient (Wildman–Crippen LogP) is 1.82. The normalized spacial score (nSPS) is 19.0. The van der Waals surface area contributed by atoms with Gasteiger partial charge in [0.2, 0.25) is 0 Å². The highest BCUT2D eigenvalue weighted by atomic mass is 16.4. The van der Waals surface area contributed by atoms with Crippen molar-refractivity contribution in [2.75, 3.05) is 6.54 Å². The summed E-state index contributed by atoms with van der Waals surface area (Å²) in [5.74, 6) is -0.973. The number of hydrogen-bond donors (Lipinski definition) is 2. The predicted molar refractivity (Wildman–Crippen MR) is 64.9 cm³/mol. The molecule has 1 aliphatic carbocycles. The van der Waals surface area contributed by atoms with E-state index in [0.717, 1.165) is 25.7 Å². The van der Waals surface area contributed by atoms with E-state index in [2.05, 4.69) is 5.32 Å². The molecule has 1 unspecified atom stereocenters. The van der Waals surface area contributed by atoms with E-state index >= 15 is 0 Å². The van der Waals surface area contributed by atoms with E-state index in [-0.39, 0.29) is 24.2 Å². The molecular weight excluding hydrogens is 220 g/mol. The van der Waals surface area contributed by atoms with Gasteiger partial charge in [0.25, 0.3) is 0 Å². The molecule has 1 aliphatic rings. The smallest absolute Gasteiger partial charge is 0.323 e. The van der Waals surface area contributed by atoms with Crippen LogP contribution in [0.15, 0.2) is 0 Å². The van der Waals surface area contributed by atoms with Crippen molar-refractivity contribution in [3.05, 3.63) is 0 Å². The highest BCUT2D eigenvalue weighted by Gasteiger charge is 2.35. The number of carboxylic acid groups (broad SMARTS) is 1. The maximum atomic E-state index is 12.0. The third-order valence-electron chi connectivity index (χ3n) is 3.56. The Morgan fingerprint density at radius 1 is 1.47 bits per heavy atom. The van der Waals surface area contributed by atoms with Crippen molar-refractivity contribution in [3.63, 3.8) is 0 Å². The molecule has 2 N–H and O–H groups in total. The van der Waals surface area contributed by atoms with E-state index in [0.29, 0.717) is 0 Å². The van der Waals surface area contributed by atoms with Crippen molar-refractivity contribution >= 4 is 12.0 Å². The Labute approximate surface area is 102 Å². The lowest BCUT2D eigenvalue weighted by Gasteiger charge is -2.41. The molecule has 0 aromatic rings. The summed E-state index contributed by atoms with van der Waals surface area (Å²) in [6.07, 6.45) is 3.82. The molecule has 0 spiro atoms. The SMILES string of the molecule is CCC(C)N(CC(=O)O)C(=O)NC1(C)CCC1. The van der Waals surface area contributed by atoms with E-state index in [9.17, 15) is 9.59 Å². The van der Waals surface area contributed by atoms with Crippen LogP contribution in [0.25, 0.3) is 0 Å². The average molecular weight is 242 g/mol. The Balaban J connectivity index is 2.61. The Bertz CT molecular complexity index is 300. The number of nitrogens with zero attached hydrogens (tertiary/aromatic N) is 1. The molecule has 5 nitrogen and oxygen atoms in total. The first-order chi connectivity index (χ1) is 7.88. The van der Waals surface area contributed by atoms with Crippen LogP contribution >= 0.6 is 0 Å². The maximum Gasteiger partial charge on any atom is 0.323 e. The summed E-state index contributed by atoms with van der Waals surface area (Å²) < 4.78 is 0. The molecule has 1 atom stereocenters. The van der Waals surface area contributed by atoms with Gasteiger partial charge in [0.05, 0.1) is 0 Å². The minimum atomic E-state index is -0.973. The molecule has 0 aliphatic heterocycles. The van der Waals surface area contributed by atoms with Crippen LogP contribution in [0.4, 0.5) is 4.79 Å². The molecule has 98 valence electrons. The molecule has 1 rings (SSSR count). The first-order valence-electron chi connectivity index (χ1n) is 6.18. The zero-order valence-electron chi connectivity index (χ0n) is 10.8. The molecule has 1 saturated carbocycles. The fourth-order valence-corrected chi connectivity index (χ4v) is 1.96. The van der Waals surface area contributed by atoms with E-state index in [1.165, 1.54) is 4.90 Å².